The number of nitrogens with zero attached hydrogens (tertiary/aromatic N) is 4. The molecule has 10 heteroatoms. The normalized spacial score (nSPS) is 26.9. The molecule has 2 saturated heterocycles. The van der Waals surface area contributed by atoms with Gasteiger partial charge in [0.05, 0.1) is 0 Å². The van der Waals surface area contributed by atoms with Crippen molar-refractivity contribution >= 4 is 35.4 Å². The van der Waals surface area contributed by atoms with Gasteiger partial charge in [-0.1, -0.05) is 0 Å². The van der Waals surface area contributed by atoms with Crippen LogP contribution in [-0.2, 0) is 14.2 Å². The Balaban J connectivity index is 1.47. The van der Waals surface area contributed by atoms with E-state index in [1.165, 1.54) is 0 Å². The van der Waals surface area contributed by atoms with E-state index in [0.717, 1.165) is 70.5 Å². The fourth-order valence-electron chi connectivity index (χ4n) is 6.13. The number of aromatic nitrogens is 4. The topological polar surface area (TPSA) is 83.3 Å². The Hall–Kier alpha value is -1.30. The van der Waals surface area contributed by atoms with Gasteiger partial charge >= 0.3 is 237 Å². The second kappa shape index (κ2) is 12.3. The molecular formula is C29H46FN5O3Sn. The molecular weight excluding hydrogens is 604 g/mol. The summed E-state index contributed by atoms with van der Waals surface area (Å²) in [4.78, 5) is 13.6. The first-order chi connectivity index (χ1) is 18.8. The second-order valence-corrected chi connectivity index (χ2v) is 25.1. The Morgan fingerprint density at radius 2 is 1.67 bits per heavy atom. The van der Waals surface area contributed by atoms with E-state index in [9.17, 15) is 0 Å². The average molecular weight is 650 g/mol. The summed E-state index contributed by atoms with van der Waals surface area (Å²) in [6, 6.07) is 0.449. The molecule has 0 aromatic carbocycles. The van der Waals surface area contributed by atoms with Crippen LogP contribution in [0.15, 0.2) is 22.6 Å². The molecule has 3 fully saturated rings. The van der Waals surface area contributed by atoms with Crippen molar-refractivity contribution in [3.05, 3.63) is 22.6 Å². The van der Waals surface area contributed by atoms with Crippen molar-refractivity contribution in [2.75, 3.05) is 5.32 Å². The van der Waals surface area contributed by atoms with Crippen LogP contribution in [0.4, 0.5) is 10.2 Å². The molecule has 3 aliphatic rings. The third kappa shape index (κ3) is 6.31. The van der Waals surface area contributed by atoms with Crippen LogP contribution in [0.2, 0.25) is 13.3 Å². The first kappa shape index (κ1) is 29.2. The van der Waals surface area contributed by atoms with Gasteiger partial charge in [-0.25, -0.2) is 0 Å². The van der Waals surface area contributed by atoms with Crippen LogP contribution in [0.1, 0.15) is 92.2 Å². The van der Waals surface area contributed by atoms with Gasteiger partial charge < -0.3 is 0 Å². The van der Waals surface area contributed by atoms with E-state index in [2.05, 4.69) is 41.0 Å². The molecule has 2 aromatic rings. The van der Waals surface area contributed by atoms with Gasteiger partial charge in [-0.15, -0.1) is 0 Å². The Morgan fingerprint density at radius 3 is 2.28 bits per heavy atom. The SMILES string of the molecule is CCC[CH2][Sn]([CH2]CCC)([CH2]CCC)/[C](F)=C/[C@H]1O[C@@H](n2cnc3c(NC4CC4)ncnc32)[C@@H]2OC(C)(C)O[C@@H]21. The molecule has 0 bridgehead atoms. The van der Waals surface area contributed by atoms with E-state index in [0.29, 0.717) is 17.2 Å². The summed E-state index contributed by atoms with van der Waals surface area (Å²) < 4.78 is 41.2. The van der Waals surface area contributed by atoms with Crippen molar-refractivity contribution in [2.45, 2.75) is 136 Å². The fraction of sp³-hybridized carbons (Fsp3) is 0.759. The van der Waals surface area contributed by atoms with Gasteiger partial charge in [0.25, 0.3) is 0 Å². The number of ether oxygens (including phenoxy) is 3. The van der Waals surface area contributed by atoms with Gasteiger partial charge in [-0.2, -0.15) is 0 Å². The van der Waals surface area contributed by atoms with Crippen molar-refractivity contribution < 1.29 is 18.6 Å². The van der Waals surface area contributed by atoms with Crippen molar-refractivity contribution in [2.24, 2.45) is 0 Å². The van der Waals surface area contributed by atoms with Crippen LogP contribution in [0, 0.1) is 0 Å². The van der Waals surface area contributed by atoms with Gasteiger partial charge in [0.1, 0.15) is 0 Å². The number of halogens is 1. The number of imidazole rings is 1. The van der Waals surface area contributed by atoms with E-state index < -0.39 is 48.7 Å². The molecule has 8 nitrogen and oxygen atoms in total. The molecule has 2 aromatic heterocycles. The summed E-state index contributed by atoms with van der Waals surface area (Å²) in [7, 11) is 0. The maximum absolute atomic E-state index is 16.6. The molecule has 1 saturated carbocycles. The van der Waals surface area contributed by atoms with Gasteiger partial charge in [-0.3, -0.25) is 0 Å². The van der Waals surface area contributed by atoms with Crippen molar-refractivity contribution in [1.82, 2.24) is 19.5 Å². The summed E-state index contributed by atoms with van der Waals surface area (Å²) in [5, 5.41) is 3.45. The zero-order valence-corrected chi connectivity index (χ0v) is 27.1. The van der Waals surface area contributed by atoms with Crippen molar-refractivity contribution in [1.29, 1.82) is 0 Å². The van der Waals surface area contributed by atoms with E-state index in [1.807, 2.05) is 18.4 Å². The predicted octanol–water partition coefficient (Wildman–Crippen LogP) is 7.06. The predicted molar refractivity (Wildman–Crippen MR) is 154 cm³/mol. The van der Waals surface area contributed by atoms with Crippen LogP contribution in [0.25, 0.3) is 11.2 Å². The van der Waals surface area contributed by atoms with Gasteiger partial charge in [0, 0.05) is 0 Å². The summed E-state index contributed by atoms with van der Waals surface area (Å²) in [5.74, 6) is -0.0411. The number of rotatable bonds is 14. The van der Waals surface area contributed by atoms with E-state index >= 15 is 4.39 Å². The Morgan fingerprint density at radius 1 is 1.03 bits per heavy atom. The second-order valence-electron chi connectivity index (χ2n) is 12.1. The minimum atomic E-state index is -3.23. The molecule has 1 aliphatic carbocycles. The first-order valence-corrected chi connectivity index (χ1v) is 22.6. The molecule has 1 N–H and O–H groups in total. The minimum absolute atomic E-state index is 0.158. The molecule has 216 valence electrons. The Kier molecular flexibility index (Phi) is 9.20. The number of hydrogen-bond acceptors (Lipinski definition) is 7. The van der Waals surface area contributed by atoms with Crippen LogP contribution in [-0.4, -0.2) is 68.0 Å². The Bertz CT molecular complexity index is 1130. The fourth-order valence-corrected chi connectivity index (χ4v) is 20.6. The molecule has 0 spiro atoms. The molecule has 4 atom stereocenters. The summed E-state index contributed by atoms with van der Waals surface area (Å²) in [6.45, 7) is 10.5. The standard InChI is InChI=1S/C17H19FN5O3.3C4H9.Sn/c1-17(2)25-12-10(5-6-18)24-16(13(12)26-17)23-8-21-11-14(22-9-3-4-9)19-7-20-15(11)23;3*1-3-4-2;/h5,7-10,12-13,16H,3-4H2,1-2H3,(H,19,20,22);3*1,3-4H2,2H3;/t10-,12-,13-,16-;;;;/m1..../s1. The number of fused-ring (bicyclic) bond motifs is 2. The third-order valence-corrected chi connectivity index (χ3v) is 23.0. The number of anilines is 1. The number of unbranched alkanes of at least 4 members (excludes halogenated alkanes) is 3. The number of hydrogen-bond donors (Lipinski definition) is 1. The molecule has 2 aliphatic heterocycles. The van der Waals surface area contributed by atoms with Crippen LogP contribution in [0.3, 0.4) is 0 Å². The van der Waals surface area contributed by atoms with Gasteiger partial charge in [-0.05, 0) is 0 Å². The summed E-state index contributed by atoms with van der Waals surface area (Å²) in [6.07, 6.45) is 12.2. The van der Waals surface area contributed by atoms with E-state index in [4.69, 9.17) is 14.2 Å². The molecule has 5 rings (SSSR count). The van der Waals surface area contributed by atoms with E-state index in [1.54, 1.807) is 18.7 Å². The van der Waals surface area contributed by atoms with Crippen molar-refractivity contribution in [3.8, 4) is 0 Å². The first-order valence-electron chi connectivity index (χ1n) is 15.1. The quantitative estimate of drug-likeness (QED) is 0.219. The van der Waals surface area contributed by atoms with Gasteiger partial charge in [0.15, 0.2) is 0 Å². The third-order valence-electron chi connectivity index (χ3n) is 8.46. The average Bonchev–Trinajstić information content (AvgIpc) is 3.41. The Labute approximate surface area is 236 Å². The van der Waals surface area contributed by atoms with Crippen LogP contribution in [0.5, 0.6) is 0 Å². The summed E-state index contributed by atoms with van der Waals surface area (Å²) in [5.41, 5.74) is 1.39. The number of nitrogens with one attached hydrogen (secondary N) is 1. The van der Waals surface area contributed by atoms with Gasteiger partial charge in [0.2, 0.25) is 0 Å². The van der Waals surface area contributed by atoms with Crippen molar-refractivity contribution in [3.63, 3.8) is 0 Å². The molecule has 0 radical (unpaired) electrons. The molecule has 4 heterocycles. The summed E-state index contributed by atoms with van der Waals surface area (Å²) >= 11 is -3.23. The van der Waals surface area contributed by atoms with E-state index in [-0.39, 0.29) is 3.84 Å². The zero-order valence-electron chi connectivity index (χ0n) is 24.3. The van der Waals surface area contributed by atoms with Crippen LogP contribution >= 0.6 is 0 Å². The molecule has 0 amide bonds. The zero-order chi connectivity index (χ0) is 27.6. The maximum atomic E-state index is 16.6. The monoisotopic (exact) mass is 651 g/mol. The molecule has 39 heavy (non-hydrogen) atoms. The molecule has 0 unspecified atom stereocenters. The van der Waals surface area contributed by atoms with Crippen LogP contribution < -0.4 is 5.32 Å².